The van der Waals surface area contributed by atoms with Crippen LogP contribution < -0.4 is 33.5 Å². The van der Waals surface area contributed by atoms with Gasteiger partial charge in [-0.15, -0.1) is 0 Å². The van der Waals surface area contributed by atoms with Crippen LogP contribution in [0.3, 0.4) is 0 Å². The summed E-state index contributed by atoms with van der Waals surface area (Å²) in [4.78, 5) is 11.2. The van der Waals surface area contributed by atoms with Crippen molar-refractivity contribution in [1.82, 2.24) is 0 Å². The molecule has 0 amide bonds. The molecule has 0 saturated carbocycles. The summed E-state index contributed by atoms with van der Waals surface area (Å²) in [5.74, 6) is 3.85. The topological polar surface area (TPSA) is 116 Å². The fourth-order valence-electron chi connectivity index (χ4n) is 3.24. The molecule has 3 rings (SSSR count). The average molecular weight is 505 g/mol. The van der Waals surface area contributed by atoms with Crippen molar-refractivity contribution < 1.29 is 43.4 Å². The van der Waals surface area contributed by atoms with E-state index in [1.54, 1.807) is 42.7 Å². The lowest BCUT2D eigenvalue weighted by Crippen LogP contribution is -2.17. The molecule has 0 aromatic heterocycles. The highest BCUT2D eigenvalue weighted by Crippen LogP contribution is 2.50. The van der Waals surface area contributed by atoms with Crippen LogP contribution >= 0.6 is 0 Å². The number of ether oxygens (including phenoxy) is 6. The van der Waals surface area contributed by atoms with Crippen LogP contribution in [-0.2, 0) is 10.9 Å². The zero-order chi connectivity index (χ0) is 26.0. The predicted octanol–water partition coefficient (Wildman–Crippen LogP) is 3.72. The largest absolute Gasteiger partial charge is 0.565 e. The van der Waals surface area contributed by atoms with E-state index in [1.165, 1.54) is 0 Å². The van der Waals surface area contributed by atoms with Gasteiger partial charge in [-0.1, -0.05) is 18.2 Å². The molecule has 0 aliphatic rings. The summed E-state index contributed by atoms with van der Waals surface area (Å²) in [7, 11) is 9.06. The average Bonchev–Trinajstić information content (AvgIpc) is 2.88. The maximum atomic E-state index is 8.44. The van der Waals surface area contributed by atoms with Gasteiger partial charge in [0.2, 0.25) is 15.9 Å². The van der Waals surface area contributed by atoms with Crippen LogP contribution in [0.4, 0.5) is 4.79 Å². The number of hydrogen-bond donors (Lipinski definition) is 1. The lowest BCUT2D eigenvalue weighted by atomic mass is 10.3. The molecule has 3 aromatic rings. The molecule has 35 heavy (non-hydrogen) atoms. The Balaban J connectivity index is 0.00000100. The molecule has 0 fully saturated rings. The van der Waals surface area contributed by atoms with E-state index in [4.69, 9.17) is 43.4 Å². The molecule has 0 atom stereocenters. The molecule has 10 heteroatoms. The highest BCUT2D eigenvalue weighted by atomic mass is 32.2. The minimum atomic E-state index is -2.08. The van der Waals surface area contributed by atoms with Crippen LogP contribution in [0, 0.1) is 0 Å². The number of carboxylic acid groups (broad SMARTS) is 2. The van der Waals surface area contributed by atoms with E-state index < -0.39 is 17.1 Å². The van der Waals surface area contributed by atoms with Crippen molar-refractivity contribution in [1.29, 1.82) is 0 Å². The number of benzene rings is 3. The maximum Gasteiger partial charge on any atom is 0.250 e. The Kier molecular flexibility index (Phi) is 10.2. The van der Waals surface area contributed by atoms with Crippen LogP contribution in [-0.4, -0.2) is 53.9 Å². The van der Waals surface area contributed by atoms with Gasteiger partial charge in [-0.25, -0.2) is 0 Å². The third kappa shape index (κ3) is 6.57. The summed E-state index contributed by atoms with van der Waals surface area (Å²) in [6.45, 7) is 0. The van der Waals surface area contributed by atoms with Gasteiger partial charge in [0.1, 0.15) is 22.4 Å². The molecule has 0 spiro atoms. The molecule has 0 aliphatic carbocycles. The van der Waals surface area contributed by atoms with E-state index in [9.17, 15) is 0 Å². The highest BCUT2D eigenvalue weighted by molar-refractivity contribution is 7.97. The molecule has 1 N–H and O–H groups in total. The van der Waals surface area contributed by atoms with Crippen LogP contribution in [0.25, 0.3) is 0 Å². The first kappa shape index (κ1) is 27.3. The standard InChI is InChI=1S/C24H27O6S.CH2O3/c1-25-16-12-19(27-3)23(20(13-16)28-4)31(18-10-8-7-9-11-18)24-21(29-5)14-17(26-2)15-22(24)30-6;2-1(3)4/h7-15H,1-6H3;(H2,2,3,4)/q+1;/p-1. The Morgan fingerprint density at radius 3 is 1.23 bits per heavy atom. The summed E-state index contributed by atoms with van der Waals surface area (Å²) in [5.41, 5.74) is 0. The van der Waals surface area contributed by atoms with Crippen LogP contribution in [0.15, 0.2) is 69.3 Å². The molecule has 0 saturated heterocycles. The Morgan fingerprint density at radius 2 is 0.971 bits per heavy atom. The zero-order valence-corrected chi connectivity index (χ0v) is 21.1. The molecule has 0 unspecified atom stereocenters. The monoisotopic (exact) mass is 504 g/mol. The first-order chi connectivity index (χ1) is 16.8. The fraction of sp³-hybridized carbons (Fsp3) is 0.240. The van der Waals surface area contributed by atoms with Gasteiger partial charge >= 0.3 is 0 Å². The first-order valence-corrected chi connectivity index (χ1v) is 11.4. The Hall–Kier alpha value is -3.92. The zero-order valence-electron chi connectivity index (χ0n) is 20.3. The van der Waals surface area contributed by atoms with Crippen molar-refractivity contribution in [3.63, 3.8) is 0 Å². The lowest BCUT2D eigenvalue weighted by Gasteiger charge is -2.19. The van der Waals surface area contributed by atoms with Gasteiger partial charge in [0.05, 0.1) is 42.7 Å². The van der Waals surface area contributed by atoms with E-state index >= 15 is 0 Å². The van der Waals surface area contributed by atoms with Crippen molar-refractivity contribution in [2.45, 2.75) is 14.7 Å². The van der Waals surface area contributed by atoms with Gasteiger partial charge < -0.3 is 43.4 Å². The van der Waals surface area contributed by atoms with Crippen LogP contribution in [0.2, 0.25) is 0 Å². The smallest absolute Gasteiger partial charge is 0.250 e. The minimum absolute atomic E-state index is 0.641. The molecule has 0 heterocycles. The molecule has 0 radical (unpaired) electrons. The van der Waals surface area contributed by atoms with Crippen molar-refractivity contribution in [3.05, 3.63) is 54.6 Å². The molecular formula is C25H28O9S. The maximum absolute atomic E-state index is 8.44. The van der Waals surface area contributed by atoms with Gasteiger partial charge in [0, 0.05) is 24.3 Å². The fourth-order valence-corrected chi connectivity index (χ4v) is 5.72. The summed E-state index contributed by atoms with van der Waals surface area (Å²) >= 11 is 0. The summed E-state index contributed by atoms with van der Waals surface area (Å²) < 4.78 is 34.0. The van der Waals surface area contributed by atoms with E-state index in [0.717, 1.165) is 14.7 Å². The Morgan fingerprint density at radius 1 is 0.657 bits per heavy atom. The van der Waals surface area contributed by atoms with E-state index in [0.29, 0.717) is 34.5 Å². The number of rotatable bonds is 9. The third-order valence-corrected chi connectivity index (χ3v) is 7.09. The summed E-state index contributed by atoms with van der Waals surface area (Å²) in [6.07, 6.45) is -2.08. The number of hydrogen-bond acceptors (Lipinski definition) is 8. The van der Waals surface area contributed by atoms with Gasteiger partial charge in [0.25, 0.3) is 0 Å². The van der Waals surface area contributed by atoms with E-state index in [1.807, 2.05) is 42.5 Å². The highest BCUT2D eigenvalue weighted by Gasteiger charge is 2.42. The van der Waals surface area contributed by atoms with Gasteiger partial charge in [-0.3, -0.25) is 0 Å². The van der Waals surface area contributed by atoms with Crippen molar-refractivity contribution in [2.24, 2.45) is 0 Å². The van der Waals surface area contributed by atoms with Gasteiger partial charge in [0.15, 0.2) is 27.9 Å². The second-order valence-corrected chi connectivity index (χ2v) is 8.51. The van der Waals surface area contributed by atoms with Gasteiger partial charge in [-0.2, -0.15) is 0 Å². The molecule has 0 bridgehead atoms. The van der Waals surface area contributed by atoms with Crippen LogP contribution in [0.1, 0.15) is 0 Å². The lowest BCUT2D eigenvalue weighted by molar-refractivity contribution is -0.275. The number of methoxy groups -OCH3 is 6. The molecule has 0 aliphatic heterocycles. The third-order valence-electron chi connectivity index (χ3n) is 4.73. The SMILES string of the molecule is COc1cc(OC)c([S+](c2ccccc2)c2c(OC)cc(OC)cc2OC)c(OC)c1.O=C([O-])O. The van der Waals surface area contributed by atoms with Crippen molar-refractivity contribution in [2.75, 3.05) is 42.7 Å². The predicted molar refractivity (Wildman–Crippen MR) is 129 cm³/mol. The van der Waals surface area contributed by atoms with Crippen LogP contribution in [0.5, 0.6) is 34.5 Å². The van der Waals surface area contributed by atoms with Gasteiger partial charge in [-0.05, 0) is 12.1 Å². The summed E-state index contributed by atoms with van der Waals surface area (Å²) in [6, 6.07) is 17.5. The van der Waals surface area contributed by atoms with Crippen molar-refractivity contribution in [3.8, 4) is 34.5 Å². The quantitative estimate of drug-likeness (QED) is 0.435. The molecular weight excluding hydrogens is 476 g/mol. The molecule has 188 valence electrons. The summed E-state index contributed by atoms with van der Waals surface area (Å²) in [5, 5.41) is 15.3. The minimum Gasteiger partial charge on any atom is -0.565 e. The van der Waals surface area contributed by atoms with E-state index in [2.05, 4.69) is 12.1 Å². The first-order valence-electron chi connectivity index (χ1n) is 10.1. The van der Waals surface area contributed by atoms with E-state index in [-0.39, 0.29) is 0 Å². The Bertz CT molecular complexity index is 1000. The van der Waals surface area contributed by atoms with Crippen molar-refractivity contribution >= 4 is 17.1 Å². The molecule has 9 nitrogen and oxygen atoms in total. The molecule has 3 aromatic carbocycles. The Labute approximate surface area is 207 Å². The number of carbonyl (C=O) groups is 1. The second kappa shape index (κ2) is 13.1. The normalized spacial score (nSPS) is 10.0. The second-order valence-electron chi connectivity index (χ2n) is 6.61.